The molecule has 558 valence electrons. The first-order chi connectivity index (χ1) is 45.7. The number of aliphatic hydroxyl groups is 1. The van der Waals surface area contributed by atoms with Crippen molar-refractivity contribution < 1.29 is 80.2 Å². The Hall–Kier alpha value is -1.94. The van der Waals surface area contributed by atoms with Gasteiger partial charge in [-0.3, -0.25) is 37.3 Å². The Morgan fingerprint density at radius 2 is 0.426 bits per heavy atom. The lowest BCUT2D eigenvalue weighted by Gasteiger charge is -2.21. The van der Waals surface area contributed by atoms with Gasteiger partial charge in [0.2, 0.25) is 0 Å². The van der Waals surface area contributed by atoms with E-state index in [9.17, 15) is 43.2 Å². The summed E-state index contributed by atoms with van der Waals surface area (Å²) in [4.78, 5) is 72.7. The summed E-state index contributed by atoms with van der Waals surface area (Å²) >= 11 is 0. The van der Waals surface area contributed by atoms with Gasteiger partial charge < -0.3 is 33.8 Å². The number of phosphoric acid groups is 2. The number of ether oxygens (including phenoxy) is 4. The molecule has 0 aliphatic carbocycles. The zero-order chi connectivity index (χ0) is 69.0. The highest BCUT2D eigenvalue weighted by molar-refractivity contribution is 7.47. The van der Waals surface area contributed by atoms with Crippen LogP contribution in [0.4, 0.5) is 0 Å². The largest absolute Gasteiger partial charge is 0.472 e. The molecule has 0 aromatic heterocycles. The molecule has 0 aromatic rings. The van der Waals surface area contributed by atoms with Gasteiger partial charge in [-0.1, -0.05) is 349 Å². The van der Waals surface area contributed by atoms with E-state index in [-0.39, 0.29) is 25.7 Å². The molecule has 0 aliphatic rings. The highest BCUT2D eigenvalue weighted by Gasteiger charge is 2.30. The maximum absolute atomic E-state index is 13.1. The summed E-state index contributed by atoms with van der Waals surface area (Å²) in [6.45, 7) is 4.97. The van der Waals surface area contributed by atoms with E-state index < -0.39 is 97.5 Å². The molecule has 0 saturated heterocycles. The van der Waals surface area contributed by atoms with Gasteiger partial charge in [0.1, 0.15) is 19.3 Å². The minimum atomic E-state index is -4.95. The van der Waals surface area contributed by atoms with Crippen molar-refractivity contribution in [2.24, 2.45) is 0 Å². The second-order valence-corrected chi connectivity index (χ2v) is 29.9. The third kappa shape index (κ3) is 68.6. The van der Waals surface area contributed by atoms with Gasteiger partial charge in [0.05, 0.1) is 26.4 Å². The fourth-order valence-corrected chi connectivity index (χ4v) is 13.2. The van der Waals surface area contributed by atoms with Crippen LogP contribution in [0.1, 0.15) is 400 Å². The first-order valence-corrected chi connectivity index (χ1v) is 42.3. The summed E-state index contributed by atoms with van der Waals surface area (Å²) in [6, 6.07) is 0. The quantitative estimate of drug-likeness (QED) is 0.0222. The van der Waals surface area contributed by atoms with Crippen LogP contribution in [0.2, 0.25) is 0 Å². The van der Waals surface area contributed by atoms with Crippen LogP contribution in [0.5, 0.6) is 0 Å². The molecule has 0 spiro atoms. The van der Waals surface area contributed by atoms with Crippen LogP contribution in [0.25, 0.3) is 0 Å². The van der Waals surface area contributed by atoms with Crippen LogP contribution < -0.4 is 0 Å². The molecule has 0 amide bonds. The smallest absolute Gasteiger partial charge is 0.462 e. The van der Waals surface area contributed by atoms with Crippen molar-refractivity contribution in [3.8, 4) is 0 Å². The van der Waals surface area contributed by atoms with Crippen molar-refractivity contribution >= 4 is 39.5 Å². The third-order valence-corrected chi connectivity index (χ3v) is 19.5. The van der Waals surface area contributed by atoms with Crippen LogP contribution in [0.15, 0.2) is 0 Å². The van der Waals surface area contributed by atoms with E-state index >= 15 is 0 Å². The molecule has 0 radical (unpaired) electrons. The first-order valence-electron chi connectivity index (χ1n) is 39.3. The molecule has 94 heavy (non-hydrogen) atoms. The lowest BCUT2D eigenvalue weighted by Crippen LogP contribution is -2.30. The van der Waals surface area contributed by atoms with Gasteiger partial charge in [0.15, 0.2) is 12.2 Å². The molecule has 0 saturated carbocycles. The number of esters is 4. The van der Waals surface area contributed by atoms with Crippen LogP contribution in [0, 0.1) is 0 Å². The molecule has 0 fully saturated rings. The summed E-state index contributed by atoms with van der Waals surface area (Å²) in [5.41, 5.74) is 0. The number of carbonyl (C=O) groups excluding carboxylic acids is 4. The highest BCUT2D eigenvalue weighted by Crippen LogP contribution is 2.45. The Balaban J connectivity index is 5.21. The van der Waals surface area contributed by atoms with Crippen molar-refractivity contribution in [2.75, 3.05) is 39.6 Å². The Labute approximate surface area is 575 Å². The molecule has 0 heterocycles. The van der Waals surface area contributed by atoms with E-state index in [0.717, 1.165) is 89.9 Å². The van der Waals surface area contributed by atoms with Crippen molar-refractivity contribution in [1.29, 1.82) is 0 Å². The number of carbonyl (C=O) groups is 4. The maximum Gasteiger partial charge on any atom is 0.472 e. The zero-order valence-electron chi connectivity index (χ0n) is 60.9. The van der Waals surface area contributed by atoms with Gasteiger partial charge in [-0.05, 0) is 25.7 Å². The van der Waals surface area contributed by atoms with Gasteiger partial charge >= 0.3 is 39.5 Å². The van der Waals surface area contributed by atoms with Crippen LogP contribution in [0.3, 0.4) is 0 Å². The molecule has 17 nitrogen and oxygen atoms in total. The van der Waals surface area contributed by atoms with Crippen molar-refractivity contribution in [3.63, 3.8) is 0 Å². The normalized spacial score (nSPS) is 13.9. The molecule has 0 aliphatic heterocycles. The van der Waals surface area contributed by atoms with Crippen molar-refractivity contribution in [2.45, 2.75) is 418 Å². The molecule has 2 unspecified atom stereocenters. The molecule has 0 aromatic carbocycles. The van der Waals surface area contributed by atoms with Crippen molar-refractivity contribution in [3.05, 3.63) is 0 Å². The second-order valence-electron chi connectivity index (χ2n) is 27.0. The standard InChI is InChI=1S/C75H146O17P2/c1-5-9-13-17-21-25-28-31-33-34-35-36-37-39-42-46-50-54-58-62-75(80)92-71(66-86-73(78)60-56-52-48-44-41-38-32-29-26-22-18-14-10-6-2)68-90-94(83,84)88-64-69(76)63-87-93(81,82)89-67-70(65-85-72(77)59-55-51-47-43-24-20-16-12-8-4)91-74(79)61-57-53-49-45-40-30-27-23-19-15-11-7-3/h69-71,76H,5-68H2,1-4H3,(H,81,82)(H,83,84)/t69-,70+,71+/m0/s1. The molecular weight excluding hydrogens is 1230 g/mol. The lowest BCUT2D eigenvalue weighted by molar-refractivity contribution is -0.161. The average Bonchev–Trinajstić information content (AvgIpc) is 1.44. The summed E-state index contributed by atoms with van der Waals surface area (Å²) < 4.78 is 68.4. The van der Waals surface area contributed by atoms with E-state index in [2.05, 4.69) is 27.7 Å². The Morgan fingerprint density at radius 3 is 0.628 bits per heavy atom. The van der Waals surface area contributed by atoms with E-state index in [0.29, 0.717) is 25.7 Å². The fraction of sp³-hybridized carbons (Fsp3) is 0.947. The predicted octanol–water partition coefficient (Wildman–Crippen LogP) is 22.2. The molecule has 5 atom stereocenters. The van der Waals surface area contributed by atoms with Gasteiger partial charge in [-0.15, -0.1) is 0 Å². The minimum Gasteiger partial charge on any atom is -0.462 e. The molecule has 19 heteroatoms. The summed E-state index contributed by atoms with van der Waals surface area (Å²) in [5, 5.41) is 10.6. The predicted molar refractivity (Wildman–Crippen MR) is 382 cm³/mol. The fourth-order valence-electron chi connectivity index (χ4n) is 11.6. The number of aliphatic hydroxyl groups excluding tert-OH is 1. The molecule has 0 rings (SSSR count). The van der Waals surface area contributed by atoms with Gasteiger partial charge in [-0.2, -0.15) is 0 Å². The monoisotopic (exact) mass is 1380 g/mol. The molecule has 3 N–H and O–H groups in total. The average molecular weight is 1380 g/mol. The van der Waals surface area contributed by atoms with Gasteiger partial charge in [0, 0.05) is 25.7 Å². The Kier molecular flexibility index (Phi) is 68.1. The SMILES string of the molecule is CCCCCCCCCCCCCCCCCCCCCC(=O)O[C@H](COC(=O)CCCCCCCCCCCCCCCC)COP(=O)(O)OC[C@@H](O)COP(=O)(O)OC[C@@H](COC(=O)CCCCCCCCCCC)OC(=O)CCCCCCCCCCCCCC. The van der Waals surface area contributed by atoms with Crippen LogP contribution >= 0.6 is 15.6 Å². The first kappa shape index (κ1) is 92.1. The van der Waals surface area contributed by atoms with Crippen molar-refractivity contribution in [1.82, 2.24) is 0 Å². The number of hydrogen-bond donors (Lipinski definition) is 3. The molecule has 0 bridgehead atoms. The number of hydrogen-bond acceptors (Lipinski definition) is 15. The number of unbranched alkanes of at least 4 members (excludes halogenated alkanes) is 50. The topological polar surface area (TPSA) is 237 Å². The van der Waals surface area contributed by atoms with E-state index in [1.165, 1.54) is 231 Å². The summed E-state index contributed by atoms with van der Waals surface area (Å²) in [7, 11) is -9.90. The van der Waals surface area contributed by atoms with E-state index in [1.54, 1.807) is 0 Å². The Morgan fingerprint density at radius 1 is 0.255 bits per heavy atom. The van der Waals surface area contributed by atoms with E-state index in [1.807, 2.05) is 0 Å². The third-order valence-electron chi connectivity index (χ3n) is 17.6. The van der Waals surface area contributed by atoms with Gasteiger partial charge in [0.25, 0.3) is 0 Å². The maximum atomic E-state index is 13.1. The van der Waals surface area contributed by atoms with E-state index in [4.69, 9.17) is 37.0 Å². The Bertz CT molecular complexity index is 1790. The van der Waals surface area contributed by atoms with Gasteiger partial charge in [-0.25, -0.2) is 9.13 Å². The summed E-state index contributed by atoms with van der Waals surface area (Å²) in [6.07, 6.45) is 59.6. The summed E-state index contributed by atoms with van der Waals surface area (Å²) in [5.74, 6) is -2.11. The number of phosphoric ester groups is 2. The second kappa shape index (κ2) is 69.5. The zero-order valence-corrected chi connectivity index (χ0v) is 62.7. The molecular formula is C75H146O17P2. The van der Waals surface area contributed by atoms with Crippen LogP contribution in [-0.2, 0) is 65.4 Å². The minimum absolute atomic E-state index is 0.108. The van der Waals surface area contributed by atoms with Crippen LogP contribution in [-0.4, -0.2) is 96.7 Å². The lowest BCUT2D eigenvalue weighted by atomic mass is 10.0. The highest BCUT2D eigenvalue weighted by atomic mass is 31.2. The number of rotatable bonds is 76.